The number of nitrogens with zero attached hydrogens (tertiary/aromatic N) is 4. The van der Waals surface area contributed by atoms with Crippen molar-refractivity contribution in [2.45, 2.75) is 18.4 Å². The molecule has 40 heavy (non-hydrogen) atoms. The number of ether oxygens (including phenoxy) is 1. The minimum atomic E-state index is -3.71. The number of hydrogen-bond acceptors (Lipinski definition) is 7. The Morgan fingerprint density at radius 3 is 2.60 bits per heavy atom. The first-order valence-corrected chi connectivity index (χ1v) is 14.4. The molecule has 0 radical (unpaired) electrons. The lowest BCUT2D eigenvalue weighted by Gasteiger charge is -2.28. The minimum absolute atomic E-state index is 0.0603. The van der Waals surface area contributed by atoms with Crippen molar-refractivity contribution in [1.29, 1.82) is 0 Å². The molecular weight excluding hydrogens is 528 g/mol. The Morgan fingerprint density at radius 1 is 1.00 bits per heavy atom. The Bertz CT molecular complexity index is 1840. The number of pyridine rings is 1. The number of H-pyrrole nitrogens is 1. The third-order valence-corrected chi connectivity index (χ3v) is 8.40. The summed E-state index contributed by atoms with van der Waals surface area (Å²) in [6.45, 7) is 5.00. The molecule has 0 amide bonds. The molecule has 1 aliphatic heterocycles. The SMILES string of the molecule is Cc1ccc(NS(=O)(=O)c2ccccc2)cc1Cn1cc(-c2cccc3c(=O)cc(N4CCOCC4)[nH]c23)nn1. The number of aryl methyl sites for hydroxylation is 1. The van der Waals surface area contributed by atoms with Crippen molar-refractivity contribution in [3.05, 3.63) is 100 Å². The number of anilines is 2. The van der Waals surface area contributed by atoms with Gasteiger partial charge in [-0.1, -0.05) is 41.6 Å². The van der Waals surface area contributed by atoms with Crippen LogP contribution in [0.15, 0.2) is 88.7 Å². The number of benzene rings is 3. The van der Waals surface area contributed by atoms with Gasteiger partial charge in [0, 0.05) is 35.8 Å². The van der Waals surface area contributed by atoms with Gasteiger partial charge in [0.15, 0.2) is 5.43 Å². The highest BCUT2D eigenvalue weighted by molar-refractivity contribution is 7.92. The largest absolute Gasteiger partial charge is 0.378 e. The van der Waals surface area contributed by atoms with Crippen molar-refractivity contribution >= 4 is 32.4 Å². The van der Waals surface area contributed by atoms with Crippen LogP contribution in [0.2, 0.25) is 0 Å². The average Bonchev–Trinajstić information content (AvgIpc) is 3.43. The summed E-state index contributed by atoms with van der Waals surface area (Å²) in [7, 11) is -3.71. The van der Waals surface area contributed by atoms with Crippen molar-refractivity contribution in [1.82, 2.24) is 20.0 Å². The standard InChI is InChI=1S/C29H28N6O4S/c1-20-10-11-22(32-40(37,38)23-6-3-2-4-7-23)16-21(20)18-35-19-26(31-33-35)24-8-5-9-25-27(36)17-28(30-29(24)25)34-12-14-39-15-13-34/h2-11,16-17,19,32H,12-15,18H2,1H3,(H,30,36). The van der Waals surface area contributed by atoms with Crippen LogP contribution in [0, 0.1) is 6.92 Å². The van der Waals surface area contributed by atoms with E-state index in [0.29, 0.717) is 55.1 Å². The summed E-state index contributed by atoms with van der Waals surface area (Å²) in [5.74, 6) is 0.756. The molecule has 0 saturated carbocycles. The quantitative estimate of drug-likeness (QED) is 0.313. The molecule has 1 fully saturated rings. The van der Waals surface area contributed by atoms with Crippen LogP contribution in [0.1, 0.15) is 11.1 Å². The van der Waals surface area contributed by atoms with Crippen LogP contribution in [0.5, 0.6) is 0 Å². The van der Waals surface area contributed by atoms with Crippen molar-refractivity contribution in [2.75, 3.05) is 35.9 Å². The van der Waals surface area contributed by atoms with E-state index in [9.17, 15) is 13.2 Å². The molecule has 0 aliphatic carbocycles. The Hall–Kier alpha value is -4.48. The highest BCUT2D eigenvalue weighted by Crippen LogP contribution is 2.27. The van der Waals surface area contributed by atoms with E-state index in [1.165, 1.54) is 0 Å². The smallest absolute Gasteiger partial charge is 0.261 e. The van der Waals surface area contributed by atoms with Gasteiger partial charge in [0.25, 0.3) is 10.0 Å². The molecule has 204 valence electrons. The minimum Gasteiger partial charge on any atom is -0.378 e. The van der Waals surface area contributed by atoms with Crippen LogP contribution in [0.4, 0.5) is 11.5 Å². The summed E-state index contributed by atoms with van der Waals surface area (Å²) in [5, 5.41) is 9.31. The summed E-state index contributed by atoms with van der Waals surface area (Å²) in [5.41, 5.74) is 4.39. The van der Waals surface area contributed by atoms with Crippen LogP contribution in [0.3, 0.4) is 0 Å². The van der Waals surface area contributed by atoms with E-state index in [2.05, 4.69) is 24.9 Å². The molecular formula is C29H28N6O4S. The fourth-order valence-electron chi connectivity index (χ4n) is 4.84. The summed E-state index contributed by atoms with van der Waals surface area (Å²) in [6, 6.07) is 20.9. The van der Waals surface area contributed by atoms with E-state index in [1.807, 2.05) is 31.3 Å². The first-order valence-electron chi connectivity index (χ1n) is 12.9. The van der Waals surface area contributed by atoms with Crippen molar-refractivity contribution in [3.63, 3.8) is 0 Å². The fraction of sp³-hybridized carbons (Fsp3) is 0.207. The van der Waals surface area contributed by atoms with Crippen molar-refractivity contribution in [2.24, 2.45) is 0 Å². The Labute approximate surface area is 231 Å². The number of aromatic amines is 1. The van der Waals surface area contributed by atoms with E-state index < -0.39 is 10.0 Å². The third-order valence-electron chi connectivity index (χ3n) is 7.00. The molecule has 0 atom stereocenters. The second kappa shape index (κ2) is 10.6. The number of sulfonamides is 1. The van der Waals surface area contributed by atoms with E-state index in [0.717, 1.165) is 22.5 Å². The molecule has 0 bridgehead atoms. The Morgan fingerprint density at radius 2 is 1.80 bits per heavy atom. The summed E-state index contributed by atoms with van der Waals surface area (Å²) in [4.78, 5) is 18.7. The number of para-hydroxylation sites is 1. The molecule has 5 aromatic rings. The van der Waals surface area contributed by atoms with Gasteiger partial charge in [0.2, 0.25) is 0 Å². The highest BCUT2D eigenvalue weighted by atomic mass is 32.2. The van der Waals surface area contributed by atoms with Gasteiger partial charge >= 0.3 is 0 Å². The van der Waals surface area contributed by atoms with Gasteiger partial charge in [-0.15, -0.1) is 5.10 Å². The van der Waals surface area contributed by atoms with Crippen molar-refractivity contribution in [3.8, 4) is 11.3 Å². The molecule has 2 aromatic heterocycles. The van der Waals surface area contributed by atoms with Crippen LogP contribution in [-0.2, 0) is 21.3 Å². The van der Waals surface area contributed by atoms with Gasteiger partial charge in [0.1, 0.15) is 11.5 Å². The van der Waals surface area contributed by atoms with E-state index in [4.69, 9.17) is 4.74 Å². The molecule has 11 heteroatoms. The van der Waals surface area contributed by atoms with E-state index >= 15 is 0 Å². The lowest BCUT2D eigenvalue weighted by atomic mass is 10.1. The maximum atomic E-state index is 13.0. The predicted octanol–water partition coefficient (Wildman–Crippen LogP) is 3.78. The number of nitrogens with one attached hydrogen (secondary N) is 2. The second-order valence-corrected chi connectivity index (χ2v) is 11.4. The maximum absolute atomic E-state index is 13.0. The zero-order valence-electron chi connectivity index (χ0n) is 21.9. The zero-order chi connectivity index (χ0) is 27.7. The molecule has 3 heterocycles. The number of fused-ring (bicyclic) bond motifs is 1. The van der Waals surface area contributed by atoms with E-state index in [-0.39, 0.29) is 10.3 Å². The third kappa shape index (κ3) is 5.21. The topological polar surface area (TPSA) is 122 Å². The molecule has 1 aliphatic rings. The molecule has 10 nitrogen and oxygen atoms in total. The Balaban J connectivity index is 1.28. The monoisotopic (exact) mass is 556 g/mol. The van der Waals surface area contributed by atoms with Gasteiger partial charge in [-0.3, -0.25) is 9.52 Å². The van der Waals surface area contributed by atoms with Gasteiger partial charge in [-0.2, -0.15) is 0 Å². The molecule has 2 N–H and O–H groups in total. The first-order chi connectivity index (χ1) is 19.4. The lowest BCUT2D eigenvalue weighted by molar-refractivity contribution is 0.122. The molecule has 0 unspecified atom stereocenters. The molecule has 3 aromatic carbocycles. The van der Waals surface area contributed by atoms with Crippen LogP contribution in [0.25, 0.3) is 22.2 Å². The summed E-state index contributed by atoms with van der Waals surface area (Å²) < 4.78 is 35.4. The number of hydrogen-bond donors (Lipinski definition) is 2. The summed E-state index contributed by atoms with van der Waals surface area (Å²) >= 11 is 0. The Kier molecular flexibility index (Phi) is 6.82. The number of aromatic nitrogens is 4. The fourth-order valence-corrected chi connectivity index (χ4v) is 5.91. The normalized spacial score (nSPS) is 14.0. The van der Waals surface area contributed by atoms with Gasteiger partial charge < -0.3 is 14.6 Å². The molecule has 1 saturated heterocycles. The van der Waals surface area contributed by atoms with Crippen molar-refractivity contribution < 1.29 is 13.2 Å². The predicted molar refractivity (Wildman–Crippen MR) is 154 cm³/mol. The lowest BCUT2D eigenvalue weighted by Crippen LogP contribution is -2.37. The van der Waals surface area contributed by atoms with Crippen LogP contribution in [-0.4, -0.2) is 54.7 Å². The van der Waals surface area contributed by atoms with Crippen LogP contribution >= 0.6 is 0 Å². The number of rotatable bonds is 7. The zero-order valence-corrected chi connectivity index (χ0v) is 22.7. The molecule has 6 rings (SSSR count). The maximum Gasteiger partial charge on any atom is 0.261 e. The first kappa shape index (κ1) is 25.8. The summed E-state index contributed by atoms with van der Waals surface area (Å²) in [6.07, 6.45) is 1.83. The van der Waals surface area contributed by atoms with E-state index in [1.54, 1.807) is 59.3 Å². The van der Waals surface area contributed by atoms with Gasteiger partial charge in [-0.05, 0) is 48.4 Å². The second-order valence-electron chi connectivity index (χ2n) is 9.71. The number of morpholine rings is 1. The van der Waals surface area contributed by atoms with Gasteiger partial charge in [-0.25, -0.2) is 13.1 Å². The van der Waals surface area contributed by atoms with Crippen LogP contribution < -0.4 is 15.1 Å². The van der Waals surface area contributed by atoms with Gasteiger partial charge in [0.05, 0.1) is 36.4 Å². The average molecular weight is 557 g/mol. The molecule has 0 spiro atoms. The highest BCUT2D eigenvalue weighted by Gasteiger charge is 2.17.